The lowest BCUT2D eigenvalue weighted by Crippen LogP contribution is -2.28. The van der Waals surface area contributed by atoms with Gasteiger partial charge in [-0.3, -0.25) is 4.99 Å². The summed E-state index contributed by atoms with van der Waals surface area (Å²) in [5, 5.41) is 1.33. The Morgan fingerprint density at radius 1 is 1.15 bits per heavy atom. The second kappa shape index (κ2) is 4.25. The quantitative estimate of drug-likeness (QED) is 0.604. The summed E-state index contributed by atoms with van der Waals surface area (Å²) in [4.78, 5) is 4.77. The number of thiazole rings is 1. The average molecular weight is 279 g/mol. The zero-order valence-corrected chi connectivity index (χ0v) is 12.4. The Morgan fingerprint density at radius 3 is 2.85 bits per heavy atom. The molecule has 1 aromatic heterocycles. The molecule has 0 atom stereocenters. The van der Waals surface area contributed by atoms with Crippen molar-refractivity contribution in [2.45, 2.75) is 13.3 Å². The number of aromatic nitrogens is 1. The van der Waals surface area contributed by atoms with Gasteiger partial charge in [-0.2, -0.15) is 4.57 Å². The molecule has 0 unspecified atom stereocenters. The summed E-state index contributed by atoms with van der Waals surface area (Å²) < 4.78 is 3.58. The Morgan fingerprint density at radius 2 is 2.00 bits per heavy atom. The lowest BCUT2D eigenvalue weighted by Gasteiger charge is -1.99. The minimum Gasteiger partial charge on any atom is -0.252 e. The fourth-order valence-electron chi connectivity index (χ4n) is 2.75. The molecule has 0 amide bonds. The first-order chi connectivity index (χ1) is 9.72. The Balaban J connectivity index is 1.81. The van der Waals surface area contributed by atoms with Crippen molar-refractivity contribution in [1.82, 2.24) is 0 Å². The Bertz CT molecular complexity index is 859. The van der Waals surface area contributed by atoms with E-state index in [4.69, 9.17) is 4.99 Å². The third-order valence-electron chi connectivity index (χ3n) is 3.99. The molecule has 20 heavy (non-hydrogen) atoms. The molecule has 4 rings (SSSR count). The van der Waals surface area contributed by atoms with Gasteiger partial charge in [0.05, 0.1) is 11.4 Å². The molecule has 0 N–H and O–H groups in total. The molecule has 0 saturated carbocycles. The van der Waals surface area contributed by atoms with E-state index in [9.17, 15) is 0 Å². The van der Waals surface area contributed by atoms with E-state index in [0.29, 0.717) is 0 Å². The van der Waals surface area contributed by atoms with E-state index in [1.54, 1.807) is 0 Å². The number of hydrogen-bond acceptors (Lipinski definition) is 2. The number of fused-ring (bicyclic) bond motifs is 2. The molecule has 1 aliphatic heterocycles. The number of para-hydroxylation sites is 1. The molecule has 1 aliphatic rings. The van der Waals surface area contributed by atoms with Gasteiger partial charge in [-0.15, -0.1) is 0 Å². The lowest BCUT2D eigenvalue weighted by atomic mass is 10.0. The molecule has 2 nitrogen and oxygen atoms in total. The first kappa shape index (κ1) is 11.8. The van der Waals surface area contributed by atoms with Crippen LogP contribution in [0.1, 0.15) is 16.1 Å². The second-order valence-corrected chi connectivity index (χ2v) is 6.46. The SMILES string of the molecule is Cc1sc2cc(C3=Nc4ccccc4C3)ccc2[n+]1C. The molecule has 0 bridgehead atoms. The molecule has 3 aromatic rings. The third kappa shape index (κ3) is 1.70. The number of benzene rings is 2. The highest BCUT2D eigenvalue weighted by Gasteiger charge is 2.18. The largest absolute Gasteiger partial charge is 0.252 e. The zero-order chi connectivity index (χ0) is 13.7. The van der Waals surface area contributed by atoms with Crippen molar-refractivity contribution >= 4 is 33.0 Å². The molecule has 0 radical (unpaired) electrons. The van der Waals surface area contributed by atoms with Crippen LogP contribution in [0.4, 0.5) is 5.69 Å². The Labute approximate surface area is 122 Å². The normalized spacial score (nSPS) is 13.6. The van der Waals surface area contributed by atoms with Gasteiger partial charge >= 0.3 is 0 Å². The van der Waals surface area contributed by atoms with Crippen molar-refractivity contribution in [2.75, 3.05) is 0 Å². The third-order valence-corrected chi connectivity index (χ3v) is 5.11. The van der Waals surface area contributed by atoms with E-state index in [1.807, 2.05) is 11.3 Å². The van der Waals surface area contributed by atoms with E-state index in [0.717, 1.165) is 12.1 Å². The minimum absolute atomic E-state index is 0.943. The summed E-state index contributed by atoms with van der Waals surface area (Å²) in [6.07, 6.45) is 0.943. The van der Waals surface area contributed by atoms with Crippen LogP contribution in [0.2, 0.25) is 0 Å². The second-order valence-electron chi connectivity index (χ2n) is 5.23. The van der Waals surface area contributed by atoms with E-state index >= 15 is 0 Å². The minimum atomic E-state index is 0.943. The van der Waals surface area contributed by atoms with Gasteiger partial charge in [0.1, 0.15) is 11.7 Å². The van der Waals surface area contributed by atoms with Gasteiger partial charge in [-0.05, 0) is 29.3 Å². The molecule has 0 spiro atoms. The van der Waals surface area contributed by atoms with E-state index in [-0.39, 0.29) is 0 Å². The van der Waals surface area contributed by atoms with Crippen molar-refractivity contribution in [3.8, 4) is 0 Å². The predicted molar refractivity (Wildman–Crippen MR) is 84.1 cm³/mol. The maximum Gasteiger partial charge on any atom is 0.234 e. The van der Waals surface area contributed by atoms with Crippen molar-refractivity contribution < 1.29 is 4.57 Å². The summed E-state index contributed by atoms with van der Waals surface area (Å²) in [7, 11) is 2.12. The monoisotopic (exact) mass is 279 g/mol. The maximum atomic E-state index is 4.77. The van der Waals surface area contributed by atoms with E-state index in [1.165, 1.54) is 32.1 Å². The Hall–Kier alpha value is -2.00. The average Bonchev–Trinajstić information content (AvgIpc) is 3.01. The standard InChI is InChI=1S/C17H15N2S/c1-11-19(2)16-8-7-13(10-17(16)20-11)15-9-12-5-3-4-6-14(12)18-15/h3-8,10H,9H2,1-2H3/q+1. The highest BCUT2D eigenvalue weighted by atomic mass is 32.1. The van der Waals surface area contributed by atoms with Crippen molar-refractivity contribution in [1.29, 1.82) is 0 Å². The van der Waals surface area contributed by atoms with Crippen LogP contribution in [0.15, 0.2) is 47.5 Å². The van der Waals surface area contributed by atoms with Crippen LogP contribution in [0.3, 0.4) is 0 Å². The Kier molecular flexibility index (Phi) is 2.51. The number of rotatable bonds is 1. The van der Waals surface area contributed by atoms with E-state index < -0.39 is 0 Å². The molecule has 0 saturated heterocycles. The van der Waals surface area contributed by atoms with Crippen LogP contribution in [-0.4, -0.2) is 5.71 Å². The molecule has 98 valence electrons. The van der Waals surface area contributed by atoms with E-state index in [2.05, 4.69) is 61.0 Å². The predicted octanol–water partition coefficient (Wildman–Crippen LogP) is 3.71. The molecule has 2 heterocycles. The molecule has 3 heteroatoms. The number of aryl methyl sites for hydroxylation is 2. The van der Waals surface area contributed by atoms with Crippen LogP contribution >= 0.6 is 11.3 Å². The fraction of sp³-hybridized carbons (Fsp3) is 0.176. The smallest absolute Gasteiger partial charge is 0.234 e. The topological polar surface area (TPSA) is 16.2 Å². The summed E-state index contributed by atoms with van der Waals surface area (Å²) in [6, 6.07) is 15.1. The van der Waals surface area contributed by atoms with Gasteiger partial charge in [0, 0.05) is 19.4 Å². The summed E-state index contributed by atoms with van der Waals surface area (Å²) >= 11 is 1.84. The van der Waals surface area contributed by atoms with Crippen LogP contribution in [0, 0.1) is 6.92 Å². The lowest BCUT2D eigenvalue weighted by molar-refractivity contribution is -0.646. The van der Waals surface area contributed by atoms with Crippen LogP contribution in [-0.2, 0) is 13.5 Å². The molecule has 0 aliphatic carbocycles. The highest BCUT2D eigenvalue weighted by molar-refractivity contribution is 7.18. The summed E-state index contributed by atoms with van der Waals surface area (Å²) in [5.74, 6) is 0. The van der Waals surface area contributed by atoms with Crippen molar-refractivity contribution in [2.24, 2.45) is 12.0 Å². The molecular weight excluding hydrogens is 264 g/mol. The van der Waals surface area contributed by atoms with Gasteiger partial charge < -0.3 is 0 Å². The highest BCUT2D eigenvalue weighted by Crippen LogP contribution is 2.30. The van der Waals surface area contributed by atoms with Gasteiger partial charge in [-0.1, -0.05) is 29.5 Å². The zero-order valence-electron chi connectivity index (χ0n) is 11.6. The van der Waals surface area contributed by atoms with Crippen molar-refractivity contribution in [3.05, 3.63) is 58.6 Å². The van der Waals surface area contributed by atoms with Crippen molar-refractivity contribution in [3.63, 3.8) is 0 Å². The van der Waals surface area contributed by atoms with Crippen LogP contribution in [0.5, 0.6) is 0 Å². The first-order valence-electron chi connectivity index (χ1n) is 6.77. The molecule has 0 fully saturated rings. The van der Waals surface area contributed by atoms with Crippen LogP contribution < -0.4 is 4.57 Å². The number of aliphatic imine (C=N–C) groups is 1. The first-order valence-corrected chi connectivity index (χ1v) is 7.59. The molecule has 2 aromatic carbocycles. The fourth-order valence-corrected chi connectivity index (χ4v) is 3.80. The number of nitrogens with zero attached hydrogens (tertiary/aromatic N) is 2. The summed E-state index contributed by atoms with van der Waals surface area (Å²) in [6.45, 7) is 2.16. The van der Waals surface area contributed by atoms with Gasteiger partial charge in [0.25, 0.3) is 0 Å². The number of hydrogen-bond donors (Lipinski definition) is 0. The van der Waals surface area contributed by atoms with Crippen LogP contribution in [0.25, 0.3) is 10.2 Å². The molecular formula is C17H15N2S+. The van der Waals surface area contributed by atoms with Gasteiger partial charge in [0.2, 0.25) is 10.5 Å². The van der Waals surface area contributed by atoms with Gasteiger partial charge in [-0.25, -0.2) is 0 Å². The van der Waals surface area contributed by atoms with Gasteiger partial charge in [0.15, 0.2) is 0 Å². The maximum absolute atomic E-state index is 4.77. The summed E-state index contributed by atoms with van der Waals surface area (Å²) in [5.41, 5.74) is 6.18.